The zero-order valence-corrected chi connectivity index (χ0v) is 21.7. The molecule has 2 heterocycles. The van der Waals surface area contributed by atoms with E-state index >= 15 is 0 Å². The van der Waals surface area contributed by atoms with Crippen molar-refractivity contribution in [3.63, 3.8) is 0 Å². The van der Waals surface area contributed by atoms with Gasteiger partial charge in [0.2, 0.25) is 0 Å². The molecule has 7 heteroatoms. The summed E-state index contributed by atoms with van der Waals surface area (Å²) in [5.74, 6) is 0.846. The van der Waals surface area contributed by atoms with Gasteiger partial charge in [-0.25, -0.2) is 0 Å². The first-order valence-corrected chi connectivity index (χ1v) is 12.7. The van der Waals surface area contributed by atoms with Crippen LogP contribution >= 0.6 is 0 Å². The first-order chi connectivity index (χ1) is 17.4. The van der Waals surface area contributed by atoms with E-state index in [0.717, 1.165) is 53.3 Å². The average molecular weight is 486 g/mol. The van der Waals surface area contributed by atoms with Crippen molar-refractivity contribution in [2.24, 2.45) is 5.92 Å². The molecular formula is C29H39N7. The molecule has 0 bridgehead atoms. The molecule has 0 saturated carbocycles. The van der Waals surface area contributed by atoms with Crippen LogP contribution in [0.25, 0.3) is 16.5 Å². The van der Waals surface area contributed by atoms with Gasteiger partial charge in [0.25, 0.3) is 0 Å². The van der Waals surface area contributed by atoms with E-state index in [4.69, 9.17) is 16.6 Å². The number of anilines is 1. The van der Waals surface area contributed by atoms with Crippen LogP contribution in [0.4, 0.5) is 5.69 Å². The normalized spacial score (nSPS) is 15.5. The minimum Gasteiger partial charge on any atom is -0.398 e. The predicted molar refractivity (Wildman–Crippen MR) is 152 cm³/mol. The summed E-state index contributed by atoms with van der Waals surface area (Å²) in [5, 5.41) is 20.6. The van der Waals surface area contributed by atoms with E-state index in [2.05, 4.69) is 52.4 Å². The second-order valence-electron chi connectivity index (χ2n) is 10.1. The number of aromatic nitrogens is 1. The molecule has 1 aliphatic rings. The number of likely N-dealkylation sites (tertiary alicyclic amines) is 1. The van der Waals surface area contributed by atoms with Crippen molar-refractivity contribution in [2.45, 2.75) is 25.8 Å². The van der Waals surface area contributed by atoms with Crippen molar-refractivity contribution < 1.29 is 0 Å². The highest BCUT2D eigenvalue weighted by molar-refractivity contribution is 6.16. The monoisotopic (exact) mass is 485 g/mol. The lowest BCUT2D eigenvalue weighted by molar-refractivity contribution is 0.166. The average Bonchev–Trinajstić information content (AvgIpc) is 3.30. The van der Waals surface area contributed by atoms with E-state index in [0.29, 0.717) is 17.0 Å². The van der Waals surface area contributed by atoms with Gasteiger partial charge in [-0.05, 0) is 100 Å². The topological polar surface area (TPSA) is 108 Å². The molecule has 7 nitrogen and oxygen atoms in total. The van der Waals surface area contributed by atoms with E-state index in [1.165, 1.54) is 37.6 Å². The molecule has 36 heavy (non-hydrogen) atoms. The largest absolute Gasteiger partial charge is 0.398 e. The minimum absolute atomic E-state index is 0.348. The summed E-state index contributed by atoms with van der Waals surface area (Å²) in [4.78, 5) is 8.25. The molecule has 4 rings (SSSR count). The van der Waals surface area contributed by atoms with Crippen molar-refractivity contribution in [1.82, 2.24) is 20.1 Å². The lowest BCUT2D eigenvalue weighted by Gasteiger charge is -2.32. The van der Waals surface area contributed by atoms with Crippen molar-refractivity contribution in [3.05, 3.63) is 71.0 Å². The maximum Gasteiger partial charge on any atom is 0.0868 e. The Morgan fingerprint density at radius 2 is 1.94 bits per heavy atom. The summed E-state index contributed by atoms with van der Waals surface area (Å²) in [6, 6.07) is 14.2. The summed E-state index contributed by atoms with van der Waals surface area (Å²) in [7, 11) is 6.11. The Morgan fingerprint density at radius 1 is 1.17 bits per heavy atom. The molecule has 3 aromatic rings. The number of nitrogens with two attached hydrogens (primary N) is 1. The molecule has 2 aromatic carbocycles. The molecule has 6 N–H and O–H groups in total. The molecule has 0 aliphatic carbocycles. The third-order valence-electron chi connectivity index (χ3n) is 7.16. The van der Waals surface area contributed by atoms with Gasteiger partial charge in [0.1, 0.15) is 0 Å². The molecule has 1 saturated heterocycles. The van der Waals surface area contributed by atoms with Crippen molar-refractivity contribution in [1.29, 1.82) is 10.8 Å². The molecule has 1 aromatic heterocycles. The van der Waals surface area contributed by atoms with Crippen LogP contribution < -0.4 is 11.1 Å². The van der Waals surface area contributed by atoms with Gasteiger partial charge in [-0.1, -0.05) is 12.1 Å². The number of rotatable bonds is 10. The maximum atomic E-state index is 8.86. The zero-order chi connectivity index (χ0) is 25.7. The number of hydrogen-bond acceptors (Lipinski definition) is 6. The van der Waals surface area contributed by atoms with Crippen LogP contribution in [0.15, 0.2) is 48.7 Å². The molecular weight excluding hydrogens is 446 g/mol. The molecule has 0 radical (unpaired) electrons. The van der Waals surface area contributed by atoms with Gasteiger partial charge in [0, 0.05) is 53.7 Å². The standard InChI is InChI=1S/C29H39N7/c1-33-18-24(17-30)22-5-6-26(31)25(15-22)29(32)28-16-23-14-21(4-7-27(23)34-28)19-36-12-9-20(10-13-36)8-11-35(2)3/h4-7,14-18,20,30,32-34H,8-13,19,31H2,1-3H3/b24-18+,30-17?,32-29?. The second kappa shape index (κ2) is 11.5. The number of nitrogens with one attached hydrogen (secondary N) is 4. The Morgan fingerprint density at radius 3 is 2.64 bits per heavy atom. The third kappa shape index (κ3) is 6.04. The summed E-state index contributed by atoms with van der Waals surface area (Å²) >= 11 is 0. The fourth-order valence-corrected chi connectivity index (χ4v) is 5.01. The smallest absolute Gasteiger partial charge is 0.0868 e. The van der Waals surface area contributed by atoms with Crippen molar-refractivity contribution >= 4 is 34.1 Å². The Hall–Kier alpha value is -3.42. The summed E-state index contributed by atoms with van der Waals surface area (Å²) in [6.07, 6.45) is 6.93. The van der Waals surface area contributed by atoms with Gasteiger partial charge in [0.15, 0.2) is 0 Å². The van der Waals surface area contributed by atoms with Gasteiger partial charge < -0.3 is 26.3 Å². The van der Waals surface area contributed by atoms with Crippen LogP contribution in [0, 0.1) is 16.7 Å². The molecule has 0 spiro atoms. The second-order valence-corrected chi connectivity index (χ2v) is 10.1. The number of hydrogen-bond donors (Lipinski definition) is 5. The van der Waals surface area contributed by atoms with Gasteiger partial charge in [-0.2, -0.15) is 0 Å². The lowest BCUT2D eigenvalue weighted by Crippen LogP contribution is -2.34. The first kappa shape index (κ1) is 25.7. The van der Waals surface area contributed by atoms with Crippen LogP contribution in [-0.4, -0.2) is 67.5 Å². The Balaban J connectivity index is 1.47. The first-order valence-electron chi connectivity index (χ1n) is 12.7. The number of aromatic amines is 1. The highest BCUT2D eigenvalue weighted by Gasteiger charge is 2.19. The Labute approximate surface area is 214 Å². The van der Waals surface area contributed by atoms with E-state index < -0.39 is 0 Å². The van der Waals surface area contributed by atoms with Crippen LogP contribution in [-0.2, 0) is 6.54 Å². The van der Waals surface area contributed by atoms with Crippen LogP contribution in [0.5, 0.6) is 0 Å². The van der Waals surface area contributed by atoms with Gasteiger partial charge in [-0.15, -0.1) is 0 Å². The van der Waals surface area contributed by atoms with Gasteiger partial charge >= 0.3 is 0 Å². The van der Waals surface area contributed by atoms with Gasteiger partial charge in [-0.3, -0.25) is 10.3 Å². The van der Waals surface area contributed by atoms with E-state index in [1.807, 2.05) is 18.2 Å². The third-order valence-corrected chi connectivity index (χ3v) is 7.16. The maximum absolute atomic E-state index is 8.86. The van der Waals surface area contributed by atoms with E-state index in [9.17, 15) is 0 Å². The number of piperidine rings is 1. The van der Waals surface area contributed by atoms with Crippen LogP contribution in [0.2, 0.25) is 0 Å². The fraction of sp³-hybridized carbons (Fsp3) is 0.379. The number of nitrogen functional groups attached to an aromatic ring is 1. The highest BCUT2D eigenvalue weighted by atomic mass is 15.1. The summed E-state index contributed by atoms with van der Waals surface area (Å²) in [6.45, 7) is 4.47. The minimum atomic E-state index is 0.348. The SMILES string of the molecule is CN/C=C(\C=N)c1ccc(N)c(C(=N)c2cc3cc(CN4CCC(CCN(C)C)CC4)ccc3[nH]2)c1. The fourth-order valence-electron chi connectivity index (χ4n) is 5.01. The molecule has 190 valence electrons. The molecule has 1 fully saturated rings. The van der Waals surface area contributed by atoms with E-state index in [-0.39, 0.29) is 0 Å². The molecule has 0 unspecified atom stereocenters. The summed E-state index contributed by atoms with van der Waals surface area (Å²) in [5.41, 5.74) is 12.4. The predicted octanol–water partition coefficient (Wildman–Crippen LogP) is 4.54. The van der Waals surface area contributed by atoms with Crippen molar-refractivity contribution in [2.75, 3.05) is 46.5 Å². The van der Waals surface area contributed by atoms with Crippen LogP contribution in [0.3, 0.4) is 0 Å². The molecule has 0 atom stereocenters. The molecule has 1 aliphatic heterocycles. The number of fused-ring (bicyclic) bond motifs is 1. The Kier molecular flexibility index (Phi) is 8.23. The quantitative estimate of drug-likeness (QED) is 0.215. The number of H-pyrrole nitrogens is 1. The number of nitrogens with zero attached hydrogens (tertiary/aromatic N) is 2. The zero-order valence-electron chi connectivity index (χ0n) is 21.7. The van der Waals surface area contributed by atoms with E-state index in [1.54, 1.807) is 19.3 Å². The van der Waals surface area contributed by atoms with Crippen LogP contribution in [0.1, 0.15) is 41.6 Å². The Bertz CT molecular complexity index is 1250. The molecule has 0 amide bonds. The summed E-state index contributed by atoms with van der Waals surface area (Å²) < 4.78 is 0. The number of allylic oxidation sites excluding steroid dienone is 1. The number of benzene rings is 2. The van der Waals surface area contributed by atoms with Crippen molar-refractivity contribution in [3.8, 4) is 0 Å². The highest BCUT2D eigenvalue weighted by Crippen LogP contribution is 2.26. The lowest BCUT2D eigenvalue weighted by atomic mass is 9.93. The van der Waals surface area contributed by atoms with Gasteiger partial charge in [0.05, 0.1) is 11.4 Å².